The molecule has 0 radical (unpaired) electrons. The molecular formula is C26H33N3O4. The predicted octanol–water partition coefficient (Wildman–Crippen LogP) is 2.45. The van der Waals surface area contributed by atoms with Crippen molar-refractivity contribution in [3.05, 3.63) is 71.3 Å². The number of nitrogens with zero attached hydrogens (tertiary/aromatic N) is 2. The summed E-state index contributed by atoms with van der Waals surface area (Å²) in [6.45, 7) is 5.79. The average Bonchev–Trinajstić information content (AvgIpc) is 2.87. The van der Waals surface area contributed by atoms with Crippen LogP contribution in [0.25, 0.3) is 0 Å². The van der Waals surface area contributed by atoms with Crippen molar-refractivity contribution < 1.29 is 19.1 Å². The van der Waals surface area contributed by atoms with Gasteiger partial charge in [0, 0.05) is 38.9 Å². The van der Waals surface area contributed by atoms with E-state index in [-0.39, 0.29) is 17.9 Å². The Labute approximate surface area is 195 Å². The van der Waals surface area contributed by atoms with E-state index in [0.717, 1.165) is 50.4 Å². The van der Waals surface area contributed by atoms with Gasteiger partial charge >= 0.3 is 0 Å². The normalized spacial score (nSPS) is 21.0. The molecule has 0 saturated carbocycles. The number of carbonyl (C=O) groups is 2. The molecule has 2 atom stereocenters. The molecule has 0 aliphatic carbocycles. The third-order valence-corrected chi connectivity index (χ3v) is 6.45. The highest BCUT2D eigenvalue weighted by atomic mass is 16.5. The number of hydrogen-bond donors (Lipinski definition) is 1. The number of morpholine rings is 1. The minimum Gasteiger partial charge on any atom is -0.383 e. The summed E-state index contributed by atoms with van der Waals surface area (Å²) in [5, 5.41) is 3.16. The van der Waals surface area contributed by atoms with Gasteiger partial charge in [0.15, 0.2) is 0 Å². The van der Waals surface area contributed by atoms with E-state index in [0.29, 0.717) is 25.3 Å². The molecule has 0 bridgehead atoms. The molecule has 7 heteroatoms. The van der Waals surface area contributed by atoms with Crippen molar-refractivity contribution in [2.45, 2.75) is 18.4 Å². The highest BCUT2D eigenvalue weighted by molar-refractivity contribution is 6.01. The fourth-order valence-electron chi connectivity index (χ4n) is 4.78. The molecule has 1 saturated heterocycles. The van der Waals surface area contributed by atoms with Gasteiger partial charge in [-0.1, -0.05) is 48.5 Å². The number of methoxy groups -OCH3 is 1. The number of nitrogens with one attached hydrogen (secondary N) is 1. The van der Waals surface area contributed by atoms with Crippen molar-refractivity contribution in [2.24, 2.45) is 0 Å². The lowest BCUT2D eigenvalue weighted by Crippen LogP contribution is -2.48. The minimum absolute atomic E-state index is 0.0480. The summed E-state index contributed by atoms with van der Waals surface area (Å²) >= 11 is 0. The van der Waals surface area contributed by atoms with Crippen molar-refractivity contribution in [1.82, 2.24) is 15.1 Å². The molecule has 1 N–H and O–H groups in total. The number of fused-ring (bicyclic) bond motifs is 1. The van der Waals surface area contributed by atoms with Gasteiger partial charge in [-0.15, -0.1) is 0 Å². The van der Waals surface area contributed by atoms with E-state index in [1.807, 2.05) is 54.6 Å². The summed E-state index contributed by atoms with van der Waals surface area (Å²) < 4.78 is 10.7. The van der Waals surface area contributed by atoms with Crippen molar-refractivity contribution in [1.29, 1.82) is 0 Å². The van der Waals surface area contributed by atoms with Gasteiger partial charge in [0.1, 0.15) is 0 Å². The standard InChI is InChI=1S/C26H33N3O4/c1-32-17-16-29-24(20-8-3-2-4-9-20)23(21-10-5-6-11-22(21)26(29)31)25(30)27-12-7-13-28-14-18-33-19-15-28/h2-6,8-11,23-24H,7,12-19H2,1H3,(H,27,30)/t23-,24+/m1/s1. The van der Waals surface area contributed by atoms with Crippen LogP contribution in [-0.2, 0) is 14.3 Å². The van der Waals surface area contributed by atoms with Crippen LogP contribution in [0.4, 0.5) is 0 Å². The molecule has 2 aromatic rings. The summed E-state index contributed by atoms with van der Waals surface area (Å²) in [7, 11) is 1.62. The first-order chi connectivity index (χ1) is 16.2. The predicted molar refractivity (Wildman–Crippen MR) is 126 cm³/mol. The molecule has 2 aliphatic heterocycles. The van der Waals surface area contributed by atoms with E-state index in [1.54, 1.807) is 12.0 Å². The van der Waals surface area contributed by atoms with Crippen LogP contribution in [0, 0.1) is 0 Å². The van der Waals surface area contributed by atoms with Gasteiger partial charge in [-0.3, -0.25) is 14.5 Å². The number of ether oxygens (including phenoxy) is 2. The third-order valence-electron chi connectivity index (χ3n) is 6.45. The maximum Gasteiger partial charge on any atom is 0.254 e. The highest BCUT2D eigenvalue weighted by Gasteiger charge is 2.43. The molecule has 2 aromatic carbocycles. The van der Waals surface area contributed by atoms with Crippen LogP contribution in [0.5, 0.6) is 0 Å². The fourth-order valence-corrected chi connectivity index (χ4v) is 4.78. The van der Waals surface area contributed by atoms with Gasteiger partial charge in [-0.05, 0) is 30.2 Å². The summed E-state index contributed by atoms with van der Waals surface area (Å²) in [5.74, 6) is -0.595. The Hall–Kier alpha value is -2.74. The molecule has 176 valence electrons. The molecule has 7 nitrogen and oxygen atoms in total. The van der Waals surface area contributed by atoms with Gasteiger partial charge in [0.05, 0.1) is 31.8 Å². The smallest absolute Gasteiger partial charge is 0.254 e. The summed E-state index contributed by atoms with van der Waals surface area (Å²) in [6.07, 6.45) is 0.877. The van der Waals surface area contributed by atoms with E-state index < -0.39 is 5.92 Å². The van der Waals surface area contributed by atoms with Crippen LogP contribution < -0.4 is 5.32 Å². The van der Waals surface area contributed by atoms with Crippen LogP contribution in [-0.4, -0.2) is 81.3 Å². The molecule has 0 unspecified atom stereocenters. The Morgan fingerprint density at radius 1 is 1.06 bits per heavy atom. The van der Waals surface area contributed by atoms with Crippen LogP contribution >= 0.6 is 0 Å². The molecule has 2 heterocycles. The van der Waals surface area contributed by atoms with Crippen molar-refractivity contribution in [3.8, 4) is 0 Å². The van der Waals surface area contributed by atoms with Crippen molar-refractivity contribution >= 4 is 11.8 Å². The lowest BCUT2D eigenvalue weighted by Gasteiger charge is -2.41. The quantitative estimate of drug-likeness (QED) is 0.593. The Bertz CT molecular complexity index is 930. The zero-order chi connectivity index (χ0) is 23.0. The Morgan fingerprint density at radius 2 is 1.79 bits per heavy atom. The zero-order valence-electron chi connectivity index (χ0n) is 19.2. The first-order valence-electron chi connectivity index (χ1n) is 11.7. The molecule has 33 heavy (non-hydrogen) atoms. The average molecular weight is 452 g/mol. The first kappa shape index (κ1) is 23.4. The van der Waals surface area contributed by atoms with E-state index in [2.05, 4.69) is 10.2 Å². The van der Waals surface area contributed by atoms with E-state index in [4.69, 9.17) is 9.47 Å². The number of rotatable bonds is 9. The second kappa shape index (κ2) is 11.4. The van der Waals surface area contributed by atoms with Crippen molar-refractivity contribution in [3.63, 3.8) is 0 Å². The maximum atomic E-state index is 13.6. The second-order valence-electron chi connectivity index (χ2n) is 8.51. The Morgan fingerprint density at radius 3 is 2.55 bits per heavy atom. The minimum atomic E-state index is -0.485. The highest BCUT2D eigenvalue weighted by Crippen LogP contribution is 2.42. The number of hydrogen-bond acceptors (Lipinski definition) is 5. The molecule has 0 spiro atoms. The second-order valence-corrected chi connectivity index (χ2v) is 8.51. The fraction of sp³-hybridized carbons (Fsp3) is 0.462. The number of benzene rings is 2. The molecule has 1 fully saturated rings. The van der Waals surface area contributed by atoms with E-state index in [1.165, 1.54) is 0 Å². The zero-order valence-corrected chi connectivity index (χ0v) is 19.2. The Kier molecular flexibility index (Phi) is 8.10. The van der Waals surface area contributed by atoms with E-state index in [9.17, 15) is 9.59 Å². The first-order valence-corrected chi connectivity index (χ1v) is 11.7. The largest absolute Gasteiger partial charge is 0.383 e. The SMILES string of the molecule is COCCN1C(=O)c2ccccc2[C@@H](C(=O)NCCCN2CCOCC2)[C@@H]1c1ccccc1. The van der Waals surface area contributed by atoms with Gasteiger partial charge in [-0.2, -0.15) is 0 Å². The molecular weight excluding hydrogens is 418 g/mol. The van der Waals surface area contributed by atoms with Gasteiger partial charge in [-0.25, -0.2) is 0 Å². The van der Waals surface area contributed by atoms with Crippen LogP contribution in [0.15, 0.2) is 54.6 Å². The third kappa shape index (κ3) is 5.43. The summed E-state index contributed by atoms with van der Waals surface area (Å²) in [5.41, 5.74) is 2.33. The van der Waals surface area contributed by atoms with Crippen molar-refractivity contribution in [2.75, 3.05) is 59.7 Å². The monoisotopic (exact) mass is 451 g/mol. The van der Waals surface area contributed by atoms with Gasteiger partial charge in [0.2, 0.25) is 5.91 Å². The topological polar surface area (TPSA) is 71.1 Å². The molecule has 2 amide bonds. The Balaban J connectivity index is 1.57. The van der Waals surface area contributed by atoms with Crippen LogP contribution in [0.3, 0.4) is 0 Å². The van der Waals surface area contributed by atoms with Crippen LogP contribution in [0.2, 0.25) is 0 Å². The number of amides is 2. The summed E-state index contributed by atoms with van der Waals surface area (Å²) in [4.78, 5) is 31.2. The molecule has 4 rings (SSSR count). The van der Waals surface area contributed by atoms with Crippen LogP contribution in [0.1, 0.15) is 39.9 Å². The number of carbonyl (C=O) groups excluding carboxylic acids is 2. The molecule has 0 aromatic heterocycles. The summed E-state index contributed by atoms with van der Waals surface area (Å²) in [6, 6.07) is 16.9. The maximum absolute atomic E-state index is 13.6. The van der Waals surface area contributed by atoms with Gasteiger partial charge < -0.3 is 19.7 Å². The van der Waals surface area contributed by atoms with Gasteiger partial charge in [0.25, 0.3) is 5.91 Å². The lowest BCUT2D eigenvalue weighted by molar-refractivity contribution is -0.124. The van der Waals surface area contributed by atoms with E-state index >= 15 is 0 Å². The lowest BCUT2D eigenvalue weighted by atomic mass is 9.79. The molecule has 2 aliphatic rings.